The fraction of sp³-hybridized carbons (Fsp3) is 0.308. The first kappa shape index (κ1) is 11.6. The molecule has 1 rings (SSSR count). The van der Waals surface area contributed by atoms with Crippen molar-refractivity contribution in [1.29, 1.82) is 0 Å². The van der Waals surface area contributed by atoms with Gasteiger partial charge in [0.2, 0.25) is 5.78 Å². The van der Waals surface area contributed by atoms with E-state index in [1.54, 1.807) is 30.3 Å². The van der Waals surface area contributed by atoms with Crippen molar-refractivity contribution in [3.63, 3.8) is 0 Å². The van der Waals surface area contributed by atoms with E-state index >= 15 is 0 Å². The lowest BCUT2D eigenvalue weighted by molar-refractivity contribution is 0.100. The number of unbranched alkanes of at least 4 members (excludes halogenated alkanes) is 2. The lowest BCUT2D eigenvalue weighted by atomic mass is 10.1. The molecule has 0 aromatic heterocycles. The molecule has 2 heteroatoms. The Labute approximate surface area is 89.6 Å². The molecule has 1 aromatic carbocycles. The van der Waals surface area contributed by atoms with Crippen LogP contribution in [0.5, 0.6) is 0 Å². The van der Waals surface area contributed by atoms with Gasteiger partial charge in [-0.1, -0.05) is 43.7 Å². The van der Waals surface area contributed by atoms with Crippen LogP contribution in [0.1, 0.15) is 36.5 Å². The van der Waals surface area contributed by atoms with E-state index in [2.05, 4.69) is 0 Å². The number of allylic oxidation sites excluding steroid dienone is 2. The van der Waals surface area contributed by atoms with Crippen LogP contribution < -0.4 is 0 Å². The lowest BCUT2D eigenvalue weighted by Gasteiger charge is -1.97. The average Bonchev–Trinajstić information content (AvgIpc) is 2.29. The van der Waals surface area contributed by atoms with Crippen LogP contribution in [0.4, 0.5) is 4.39 Å². The average molecular weight is 206 g/mol. The Hall–Kier alpha value is -1.44. The van der Waals surface area contributed by atoms with E-state index in [1.165, 1.54) is 6.08 Å². The molecule has 0 saturated carbocycles. The Morgan fingerprint density at radius 1 is 1.33 bits per heavy atom. The summed E-state index contributed by atoms with van der Waals surface area (Å²) >= 11 is 0. The monoisotopic (exact) mass is 206 g/mol. The number of benzene rings is 1. The van der Waals surface area contributed by atoms with Gasteiger partial charge >= 0.3 is 0 Å². The van der Waals surface area contributed by atoms with Crippen molar-refractivity contribution in [3.8, 4) is 0 Å². The number of rotatable bonds is 5. The smallest absolute Gasteiger partial charge is 0.221 e. The molecule has 0 spiro atoms. The van der Waals surface area contributed by atoms with Crippen LogP contribution in [-0.4, -0.2) is 5.78 Å². The van der Waals surface area contributed by atoms with Gasteiger partial charge in [-0.25, -0.2) is 4.39 Å². The topological polar surface area (TPSA) is 17.1 Å². The van der Waals surface area contributed by atoms with Crippen molar-refractivity contribution in [2.45, 2.75) is 26.2 Å². The lowest BCUT2D eigenvalue weighted by Crippen LogP contribution is -1.98. The van der Waals surface area contributed by atoms with Crippen LogP contribution in [-0.2, 0) is 0 Å². The number of ketones is 1. The Kier molecular flexibility index (Phi) is 4.75. The molecular weight excluding hydrogens is 191 g/mol. The summed E-state index contributed by atoms with van der Waals surface area (Å²) in [5.41, 5.74) is 0.405. The third kappa shape index (κ3) is 3.66. The summed E-state index contributed by atoms with van der Waals surface area (Å²) in [6.45, 7) is 2.03. The van der Waals surface area contributed by atoms with Crippen molar-refractivity contribution in [3.05, 3.63) is 47.8 Å². The molecule has 0 N–H and O–H groups in total. The van der Waals surface area contributed by atoms with E-state index < -0.39 is 11.6 Å². The molecule has 1 aromatic rings. The Balaban J connectivity index is 2.65. The maximum atomic E-state index is 13.3. The van der Waals surface area contributed by atoms with Crippen LogP contribution in [0.3, 0.4) is 0 Å². The van der Waals surface area contributed by atoms with Gasteiger partial charge in [0.05, 0.1) is 0 Å². The zero-order valence-electron chi connectivity index (χ0n) is 8.87. The van der Waals surface area contributed by atoms with Crippen LogP contribution in [0.25, 0.3) is 0 Å². The fourth-order valence-corrected chi connectivity index (χ4v) is 1.25. The third-order valence-electron chi connectivity index (χ3n) is 2.13. The second-order valence-electron chi connectivity index (χ2n) is 3.39. The summed E-state index contributed by atoms with van der Waals surface area (Å²) in [6, 6.07) is 8.50. The molecule has 0 aliphatic carbocycles. The van der Waals surface area contributed by atoms with E-state index in [-0.39, 0.29) is 0 Å². The van der Waals surface area contributed by atoms with Crippen LogP contribution in [0.2, 0.25) is 0 Å². The third-order valence-corrected chi connectivity index (χ3v) is 2.13. The van der Waals surface area contributed by atoms with Crippen molar-refractivity contribution < 1.29 is 9.18 Å². The largest absolute Gasteiger partial charge is 0.286 e. The molecular formula is C13H15FO. The highest BCUT2D eigenvalue weighted by atomic mass is 19.1. The van der Waals surface area contributed by atoms with Gasteiger partial charge < -0.3 is 0 Å². The first-order chi connectivity index (χ1) is 7.25. The van der Waals surface area contributed by atoms with Gasteiger partial charge in [0.1, 0.15) is 0 Å². The molecule has 1 nitrogen and oxygen atoms in total. The zero-order chi connectivity index (χ0) is 11.1. The first-order valence-corrected chi connectivity index (χ1v) is 5.21. The molecule has 0 fully saturated rings. The Morgan fingerprint density at radius 2 is 2.00 bits per heavy atom. The molecule has 0 atom stereocenters. The predicted octanol–water partition coefficient (Wildman–Crippen LogP) is 3.91. The number of carbonyl (C=O) groups excluding carboxylic acids is 1. The number of hydrogen-bond donors (Lipinski definition) is 0. The second kappa shape index (κ2) is 6.12. The second-order valence-corrected chi connectivity index (χ2v) is 3.39. The van der Waals surface area contributed by atoms with Crippen LogP contribution in [0.15, 0.2) is 42.2 Å². The van der Waals surface area contributed by atoms with Crippen molar-refractivity contribution in [1.82, 2.24) is 0 Å². The maximum Gasteiger partial charge on any atom is 0.221 e. The van der Waals surface area contributed by atoms with E-state index in [0.29, 0.717) is 12.0 Å². The molecule has 15 heavy (non-hydrogen) atoms. The molecule has 0 saturated heterocycles. The summed E-state index contributed by atoms with van der Waals surface area (Å²) in [7, 11) is 0. The van der Waals surface area contributed by atoms with Gasteiger partial charge in [-0.2, -0.15) is 0 Å². The zero-order valence-corrected chi connectivity index (χ0v) is 8.87. The van der Waals surface area contributed by atoms with E-state index in [1.807, 2.05) is 6.92 Å². The Bertz CT molecular complexity index is 341. The summed E-state index contributed by atoms with van der Waals surface area (Å²) in [5, 5.41) is 0. The normalized spacial score (nSPS) is 11.5. The minimum absolute atomic E-state index is 0.405. The highest BCUT2D eigenvalue weighted by molar-refractivity contribution is 6.07. The molecule has 0 amide bonds. The molecule has 0 heterocycles. The molecule has 0 unspecified atom stereocenters. The number of halogens is 1. The van der Waals surface area contributed by atoms with Crippen molar-refractivity contribution in [2.24, 2.45) is 0 Å². The molecule has 0 aliphatic rings. The standard InChI is InChI=1S/C13H15FO/c1-2-3-5-10-12(14)13(15)11-8-6-4-7-9-11/h4,6-10H,2-3,5H2,1H3/b12-10-. The highest BCUT2D eigenvalue weighted by Crippen LogP contribution is 2.11. The molecule has 80 valence electrons. The summed E-state index contributed by atoms with van der Waals surface area (Å²) in [4.78, 5) is 11.5. The van der Waals surface area contributed by atoms with Gasteiger partial charge in [-0.3, -0.25) is 4.79 Å². The van der Waals surface area contributed by atoms with Gasteiger partial charge in [-0.15, -0.1) is 0 Å². The van der Waals surface area contributed by atoms with E-state index in [4.69, 9.17) is 0 Å². The quantitative estimate of drug-likeness (QED) is 0.405. The SMILES string of the molecule is CCCC/C=C(\F)C(=O)c1ccccc1. The fourth-order valence-electron chi connectivity index (χ4n) is 1.25. The molecule has 0 aliphatic heterocycles. The van der Waals surface area contributed by atoms with Crippen molar-refractivity contribution >= 4 is 5.78 Å². The Morgan fingerprint density at radius 3 is 2.60 bits per heavy atom. The summed E-state index contributed by atoms with van der Waals surface area (Å²) in [5.74, 6) is -1.17. The van der Waals surface area contributed by atoms with Gasteiger partial charge in [0, 0.05) is 5.56 Å². The van der Waals surface area contributed by atoms with Crippen LogP contribution >= 0.6 is 0 Å². The van der Waals surface area contributed by atoms with Gasteiger partial charge in [-0.05, 0) is 18.9 Å². The minimum Gasteiger partial charge on any atom is -0.286 e. The number of carbonyl (C=O) groups is 1. The first-order valence-electron chi connectivity index (χ1n) is 5.21. The highest BCUT2D eigenvalue weighted by Gasteiger charge is 2.09. The van der Waals surface area contributed by atoms with Crippen molar-refractivity contribution in [2.75, 3.05) is 0 Å². The molecule has 0 radical (unpaired) electrons. The summed E-state index contributed by atoms with van der Waals surface area (Å²) in [6.07, 6.45) is 3.92. The predicted molar refractivity (Wildman–Crippen MR) is 59.5 cm³/mol. The molecule has 0 bridgehead atoms. The van der Waals surface area contributed by atoms with E-state index in [0.717, 1.165) is 12.8 Å². The maximum absolute atomic E-state index is 13.3. The minimum atomic E-state index is -0.644. The number of hydrogen-bond acceptors (Lipinski definition) is 1. The van der Waals surface area contributed by atoms with Gasteiger partial charge in [0.25, 0.3) is 0 Å². The van der Waals surface area contributed by atoms with Gasteiger partial charge in [0.15, 0.2) is 5.83 Å². The van der Waals surface area contributed by atoms with E-state index in [9.17, 15) is 9.18 Å². The number of Topliss-reactive ketones (excluding diaryl/α,β-unsaturated/α-hetero) is 1. The van der Waals surface area contributed by atoms with Crippen LogP contribution in [0, 0.1) is 0 Å². The summed E-state index contributed by atoms with van der Waals surface area (Å²) < 4.78 is 13.3.